The Morgan fingerprint density at radius 1 is 0.812 bits per heavy atom. The van der Waals surface area contributed by atoms with Gasteiger partial charge in [0, 0.05) is 0 Å². The van der Waals surface area contributed by atoms with Gasteiger partial charge >= 0.3 is 46.8 Å². The van der Waals surface area contributed by atoms with Gasteiger partial charge in [-0.05, 0) is 0 Å². The quantitative estimate of drug-likeness (QED) is 0.434. The maximum atomic E-state index is 11.9. The molecule has 0 saturated carbocycles. The van der Waals surface area contributed by atoms with E-state index < -0.39 is 27.9 Å². The summed E-state index contributed by atoms with van der Waals surface area (Å²) in [5, 5.41) is -6.63. The van der Waals surface area contributed by atoms with E-state index in [9.17, 15) is 43.5 Å². The van der Waals surface area contributed by atoms with E-state index in [1.165, 1.54) is 0 Å². The number of rotatable bonds is 2. The molecule has 0 aromatic rings. The molecule has 13 heteroatoms. The van der Waals surface area contributed by atoms with Crippen LogP contribution in [0.4, 0.5) is 35.1 Å². The Bertz CT molecular complexity index is 327. The van der Waals surface area contributed by atoms with Crippen molar-refractivity contribution in [2.24, 2.45) is 0 Å². The minimum atomic E-state index is -7.16. The van der Waals surface area contributed by atoms with Crippen LogP contribution in [0.15, 0.2) is 0 Å². The van der Waals surface area contributed by atoms with Gasteiger partial charge in [-0.2, -0.15) is 34.6 Å². The third-order valence-electron chi connectivity index (χ3n) is 0.848. The van der Waals surface area contributed by atoms with E-state index in [2.05, 4.69) is 0 Å². The van der Waals surface area contributed by atoms with Gasteiger partial charge in [-0.1, -0.05) is 0 Å². The first-order valence-electron chi connectivity index (χ1n) is 2.67. The molecular formula is C3HF8LiO3S. The molecule has 94 valence electrons. The summed E-state index contributed by atoms with van der Waals surface area (Å²) in [6.07, 6.45) is -12.9. The predicted molar refractivity (Wildman–Crippen MR) is 34.2 cm³/mol. The molecule has 0 heterocycles. The zero-order chi connectivity index (χ0) is 12.7. The number of hydrogen-bond donors (Lipinski definition) is 0. The molecule has 0 aliphatic carbocycles. The van der Waals surface area contributed by atoms with E-state index in [1.54, 1.807) is 4.18 Å². The summed E-state index contributed by atoms with van der Waals surface area (Å²) in [6.45, 7) is 0. The molecule has 16 heavy (non-hydrogen) atoms. The molecule has 0 aromatic carbocycles. The molecule has 0 amide bonds. The van der Waals surface area contributed by atoms with Crippen molar-refractivity contribution in [3.8, 4) is 0 Å². The average molecular weight is 276 g/mol. The summed E-state index contributed by atoms with van der Waals surface area (Å²) in [5.41, 5.74) is 0. The van der Waals surface area contributed by atoms with Gasteiger partial charge in [0.2, 0.25) is 0 Å². The Kier molecular flexibility index (Phi) is 5.35. The Morgan fingerprint density at radius 2 is 1.12 bits per heavy atom. The van der Waals surface area contributed by atoms with E-state index in [0.717, 1.165) is 0 Å². The fourth-order valence-corrected chi connectivity index (χ4v) is 0.955. The molecule has 0 N–H and O–H groups in total. The van der Waals surface area contributed by atoms with E-state index in [-0.39, 0.29) is 18.9 Å². The van der Waals surface area contributed by atoms with E-state index >= 15 is 0 Å². The molecule has 0 radical (unpaired) electrons. The molecule has 0 fully saturated rings. The van der Waals surface area contributed by atoms with Gasteiger partial charge in [-0.3, -0.25) is 0 Å². The van der Waals surface area contributed by atoms with Crippen LogP contribution in [0.25, 0.3) is 0 Å². The number of hydrogen-bond acceptors (Lipinski definition) is 3. The van der Waals surface area contributed by atoms with Gasteiger partial charge in [-0.25, -0.2) is 0 Å². The van der Waals surface area contributed by atoms with E-state index in [1.807, 2.05) is 0 Å². The molecule has 0 aliphatic heterocycles. The Hall–Kier alpha value is -0.0526. The first-order valence-corrected chi connectivity index (χ1v) is 4.08. The summed E-state index contributed by atoms with van der Waals surface area (Å²) in [5.74, 6) is 0. The standard InChI is InChI=1S/C3F8O3S.Li.H/c4-1(5,6)2(7,8)15(12,13)14-3(9,10)11;;. The molecule has 0 spiro atoms. The van der Waals surface area contributed by atoms with Gasteiger partial charge < -0.3 is 0 Å². The molecule has 0 bridgehead atoms. The van der Waals surface area contributed by atoms with Crippen molar-refractivity contribution >= 4 is 29.0 Å². The summed E-state index contributed by atoms with van der Waals surface area (Å²) in [7, 11) is -7.16. The summed E-state index contributed by atoms with van der Waals surface area (Å²) in [6, 6.07) is 0. The first-order chi connectivity index (χ1) is 6.21. The van der Waals surface area contributed by atoms with Crippen LogP contribution in [-0.4, -0.2) is 45.1 Å². The minimum absolute atomic E-state index is 0. The van der Waals surface area contributed by atoms with Crippen molar-refractivity contribution in [3.05, 3.63) is 0 Å². The fourth-order valence-electron chi connectivity index (χ4n) is 0.318. The van der Waals surface area contributed by atoms with Crippen LogP contribution >= 0.6 is 0 Å². The van der Waals surface area contributed by atoms with E-state index in [4.69, 9.17) is 0 Å². The Labute approximate surface area is 95.0 Å². The molecule has 0 atom stereocenters. The SMILES string of the molecule is O=S(=O)(OC(F)(F)F)C(F)(F)C(F)(F)F.[LiH]. The zero-order valence-electron chi connectivity index (χ0n) is 6.16. The molecule has 0 aliphatic rings. The van der Waals surface area contributed by atoms with Crippen molar-refractivity contribution in [2.45, 2.75) is 17.8 Å². The second-order valence-corrected chi connectivity index (χ2v) is 3.59. The second-order valence-electron chi connectivity index (χ2n) is 2.00. The predicted octanol–water partition coefficient (Wildman–Crippen LogP) is 1.36. The molecular weight excluding hydrogens is 275 g/mol. The number of halogens is 8. The van der Waals surface area contributed by atoms with Crippen LogP contribution in [0.5, 0.6) is 0 Å². The van der Waals surface area contributed by atoms with Crippen molar-refractivity contribution < 1.29 is 47.7 Å². The third kappa shape index (κ3) is 4.08. The van der Waals surface area contributed by atoms with Crippen molar-refractivity contribution in [2.75, 3.05) is 0 Å². The zero-order valence-corrected chi connectivity index (χ0v) is 6.97. The Morgan fingerprint density at radius 3 is 1.31 bits per heavy atom. The summed E-state index contributed by atoms with van der Waals surface area (Å²) in [4.78, 5) is 0. The summed E-state index contributed by atoms with van der Waals surface area (Å²) < 4.78 is 113. The topological polar surface area (TPSA) is 43.4 Å². The van der Waals surface area contributed by atoms with Gasteiger partial charge in [0.15, 0.2) is 0 Å². The van der Waals surface area contributed by atoms with Gasteiger partial charge in [0.05, 0.1) is 0 Å². The molecule has 3 nitrogen and oxygen atoms in total. The molecule has 0 saturated heterocycles. The second kappa shape index (κ2) is 4.67. The Balaban J connectivity index is 0. The molecule has 0 rings (SSSR count). The van der Waals surface area contributed by atoms with Crippen LogP contribution in [-0.2, 0) is 14.3 Å². The normalized spacial score (nSPS) is 14.5. The van der Waals surface area contributed by atoms with Crippen molar-refractivity contribution in [3.63, 3.8) is 0 Å². The molecule has 0 unspecified atom stereocenters. The van der Waals surface area contributed by atoms with Crippen LogP contribution in [0.1, 0.15) is 0 Å². The third-order valence-corrected chi connectivity index (χ3v) is 2.12. The fraction of sp³-hybridized carbons (Fsp3) is 1.00. The van der Waals surface area contributed by atoms with Crippen LogP contribution in [0.3, 0.4) is 0 Å². The van der Waals surface area contributed by atoms with Crippen molar-refractivity contribution in [1.82, 2.24) is 0 Å². The van der Waals surface area contributed by atoms with Crippen LogP contribution in [0, 0.1) is 0 Å². The van der Waals surface area contributed by atoms with E-state index in [0.29, 0.717) is 0 Å². The van der Waals surface area contributed by atoms with Crippen molar-refractivity contribution in [1.29, 1.82) is 0 Å². The maximum absolute atomic E-state index is 11.9. The monoisotopic (exact) mass is 276 g/mol. The van der Waals surface area contributed by atoms with Crippen LogP contribution in [0.2, 0.25) is 0 Å². The first kappa shape index (κ1) is 18.3. The number of alkyl halides is 8. The average Bonchev–Trinajstić information content (AvgIpc) is 1.77. The molecule has 0 aromatic heterocycles. The van der Waals surface area contributed by atoms with Gasteiger partial charge in [-0.15, -0.1) is 13.2 Å². The van der Waals surface area contributed by atoms with Gasteiger partial charge in [0.1, 0.15) is 0 Å². The van der Waals surface area contributed by atoms with Gasteiger partial charge in [0.25, 0.3) is 0 Å². The summed E-state index contributed by atoms with van der Waals surface area (Å²) >= 11 is 0. The van der Waals surface area contributed by atoms with Crippen LogP contribution < -0.4 is 0 Å².